The van der Waals surface area contributed by atoms with Crippen LogP contribution >= 0.6 is 11.3 Å². The lowest BCUT2D eigenvalue weighted by Gasteiger charge is -2.01. The van der Waals surface area contributed by atoms with E-state index in [1.807, 2.05) is 12.1 Å². The van der Waals surface area contributed by atoms with E-state index in [9.17, 15) is 0 Å². The molecule has 1 aromatic heterocycles. The van der Waals surface area contributed by atoms with E-state index in [1.165, 1.54) is 10.3 Å². The summed E-state index contributed by atoms with van der Waals surface area (Å²) in [5.74, 6) is 0. The minimum atomic E-state index is -0.259. The van der Waals surface area contributed by atoms with Crippen molar-refractivity contribution in [3.8, 4) is 0 Å². The molecule has 4 rings (SSSR count). The molecule has 2 atom stereocenters. The number of epoxide rings is 1. The molecule has 0 amide bonds. The first-order chi connectivity index (χ1) is 9.27. The highest BCUT2D eigenvalue weighted by molar-refractivity contribution is 7.18. The Balaban J connectivity index is 1.73. The zero-order chi connectivity index (χ0) is 12.9. The second kappa shape index (κ2) is 3.89. The number of aromatic nitrogens is 1. The molecule has 1 fully saturated rings. The van der Waals surface area contributed by atoms with Gasteiger partial charge in [0, 0.05) is 0 Å². The Morgan fingerprint density at radius 1 is 1.05 bits per heavy atom. The number of hydrogen-bond acceptors (Lipinski definition) is 3. The molecule has 19 heavy (non-hydrogen) atoms. The average molecular weight is 267 g/mol. The van der Waals surface area contributed by atoms with E-state index < -0.39 is 0 Å². The van der Waals surface area contributed by atoms with E-state index in [2.05, 4.69) is 49.4 Å². The van der Waals surface area contributed by atoms with Gasteiger partial charge in [0.05, 0.1) is 10.2 Å². The summed E-state index contributed by atoms with van der Waals surface area (Å²) in [6.07, 6.45) is 0.134. The molecule has 2 heterocycles. The summed E-state index contributed by atoms with van der Waals surface area (Å²) >= 11 is 1.73. The summed E-state index contributed by atoms with van der Waals surface area (Å²) in [7, 11) is 0. The molecule has 0 spiro atoms. The lowest BCUT2D eigenvalue weighted by Crippen LogP contribution is -2.03. The smallest absolute Gasteiger partial charge is 0.148 e. The van der Waals surface area contributed by atoms with Crippen molar-refractivity contribution in [2.24, 2.45) is 0 Å². The molecule has 3 heteroatoms. The Kier molecular flexibility index (Phi) is 2.28. The first-order valence-corrected chi connectivity index (χ1v) is 7.18. The molecular weight excluding hydrogens is 254 g/mol. The maximum Gasteiger partial charge on any atom is 0.148 e. The first-order valence-electron chi connectivity index (χ1n) is 6.36. The van der Waals surface area contributed by atoms with Crippen molar-refractivity contribution in [1.29, 1.82) is 0 Å². The van der Waals surface area contributed by atoms with Crippen LogP contribution in [0.15, 0.2) is 54.6 Å². The second-order valence-electron chi connectivity index (χ2n) is 5.00. The maximum atomic E-state index is 5.95. The van der Waals surface area contributed by atoms with Crippen LogP contribution in [0, 0.1) is 0 Å². The Labute approximate surface area is 115 Å². The summed E-state index contributed by atoms with van der Waals surface area (Å²) in [6, 6.07) is 18.6. The normalized spacial score (nSPS) is 25.6. The summed E-state index contributed by atoms with van der Waals surface area (Å²) in [5, 5.41) is 1.07. The van der Waals surface area contributed by atoms with Crippen LogP contribution in [-0.4, -0.2) is 4.98 Å². The van der Waals surface area contributed by atoms with Gasteiger partial charge in [0.15, 0.2) is 0 Å². The highest BCUT2D eigenvalue weighted by Crippen LogP contribution is 2.57. The summed E-state index contributed by atoms with van der Waals surface area (Å²) in [4.78, 5) is 4.72. The van der Waals surface area contributed by atoms with Gasteiger partial charge in [0.2, 0.25) is 0 Å². The molecular formula is C16H13NOS. The lowest BCUT2D eigenvalue weighted by atomic mass is 10.0. The quantitative estimate of drug-likeness (QED) is 0.647. The van der Waals surface area contributed by atoms with Crippen LogP contribution in [0.3, 0.4) is 0 Å². The standard InChI is InChI=1S/C16H13NOS/c1-16(14(18-16)11-7-3-2-4-8-11)15-17-12-9-5-6-10-13(12)19-15/h2-10,14H,1H3/t14-,16+/m0/s1. The van der Waals surface area contributed by atoms with Crippen LogP contribution in [0.5, 0.6) is 0 Å². The number of para-hydroxylation sites is 1. The molecule has 0 saturated carbocycles. The number of fused-ring (bicyclic) bond motifs is 1. The topological polar surface area (TPSA) is 25.4 Å². The third kappa shape index (κ3) is 1.70. The van der Waals surface area contributed by atoms with Crippen molar-refractivity contribution in [1.82, 2.24) is 4.98 Å². The number of benzene rings is 2. The third-order valence-electron chi connectivity index (χ3n) is 3.63. The summed E-state index contributed by atoms with van der Waals surface area (Å²) < 4.78 is 7.18. The molecule has 2 nitrogen and oxygen atoms in total. The number of thiazole rings is 1. The summed E-state index contributed by atoms with van der Waals surface area (Å²) in [5.41, 5.74) is 2.03. The molecule has 0 unspecified atom stereocenters. The van der Waals surface area contributed by atoms with Gasteiger partial charge in [-0.05, 0) is 24.6 Å². The molecule has 2 aromatic carbocycles. The average Bonchev–Trinajstić information content (AvgIpc) is 2.97. The maximum absolute atomic E-state index is 5.95. The van der Waals surface area contributed by atoms with Gasteiger partial charge in [-0.15, -0.1) is 11.3 Å². The molecule has 1 saturated heterocycles. The molecule has 0 bridgehead atoms. The fourth-order valence-electron chi connectivity index (χ4n) is 2.47. The lowest BCUT2D eigenvalue weighted by molar-refractivity contribution is 0.313. The van der Waals surface area contributed by atoms with Crippen LogP contribution < -0.4 is 0 Å². The Bertz CT molecular complexity index is 704. The zero-order valence-electron chi connectivity index (χ0n) is 10.5. The monoisotopic (exact) mass is 267 g/mol. The zero-order valence-corrected chi connectivity index (χ0v) is 11.4. The van der Waals surface area contributed by atoms with Gasteiger partial charge in [0.1, 0.15) is 16.7 Å². The van der Waals surface area contributed by atoms with E-state index in [0.717, 1.165) is 10.5 Å². The Hall–Kier alpha value is -1.71. The minimum Gasteiger partial charge on any atom is -0.354 e. The van der Waals surface area contributed by atoms with E-state index in [0.29, 0.717) is 0 Å². The van der Waals surface area contributed by atoms with Crippen molar-refractivity contribution < 1.29 is 4.74 Å². The highest BCUT2D eigenvalue weighted by atomic mass is 32.1. The van der Waals surface area contributed by atoms with Gasteiger partial charge >= 0.3 is 0 Å². The second-order valence-corrected chi connectivity index (χ2v) is 6.03. The molecule has 3 aromatic rings. The SMILES string of the molecule is C[C@@]1(c2nc3ccccc3s2)O[C@H]1c1ccccc1. The molecule has 0 aliphatic carbocycles. The van der Waals surface area contributed by atoms with E-state index in [1.54, 1.807) is 11.3 Å². The van der Waals surface area contributed by atoms with E-state index in [-0.39, 0.29) is 11.7 Å². The van der Waals surface area contributed by atoms with Gasteiger partial charge in [-0.2, -0.15) is 0 Å². The van der Waals surface area contributed by atoms with Crippen molar-refractivity contribution in [3.05, 3.63) is 65.2 Å². The predicted octanol–water partition coefficient (Wildman–Crippen LogP) is 4.28. The molecule has 1 aliphatic heterocycles. The first kappa shape index (κ1) is 11.1. The minimum absolute atomic E-state index is 0.134. The summed E-state index contributed by atoms with van der Waals surface area (Å²) in [6.45, 7) is 2.13. The molecule has 0 N–H and O–H groups in total. The highest BCUT2D eigenvalue weighted by Gasteiger charge is 2.56. The fourth-order valence-corrected chi connectivity index (χ4v) is 3.55. The van der Waals surface area contributed by atoms with Crippen LogP contribution in [-0.2, 0) is 10.3 Å². The van der Waals surface area contributed by atoms with Gasteiger partial charge in [-0.3, -0.25) is 0 Å². The van der Waals surface area contributed by atoms with Gasteiger partial charge < -0.3 is 4.74 Å². The van der Waals surface area contributed by atoms with Crippen molar-refractivity contribution >= 4 is 21.6 Å². The van der Waals surface area contributed by atoms with E-state index >= 15 is 0 Å². The van der Waals surface area contributed by atoms with E-state index in [4.69, 9.17) is 9.72 Å². The van der Waals surface area contributed by atoms with Crippen LogP contribution in [0.2, 0.25) is 0 Å². The van der Waals surface area contributed by atoms with Crippen molar-refractivity contribution in [3.63, 3.8) is 0 Å². The number of nitrogens with zero attached hydrogens (tertiary/aromatic N) is 1. The Morgan fingerprint density at radius 2 is 1.79 bits per heavy atom. The molecule has 0 radical (unpaired) electrons. The Morgan fingerprint density at radius 3 is 2.58 bits per heavy atom. The van der Waals surface area contributed by atoms with Gasteiger partial charge in [-0.25, -0.2) is 4.98 Å². The number of ether oxygens (including phenoxy) is 1. The fraction of sp³-hybridized carbons (Fsp3) is 0.188. The van der Waals surface area contributed by atoms with Gasteiger partial charge in [-0.1, -0.05) is 42.5 Å². The van der Waals surface area contributed by atoms with Crippen LogP contribution in [0.25, 0.3) is 10.2 Å². The van der Waals surface area contributed by atoms with Crippen molar-refractivity contribution in [2.75, 3.05) is 0 Å². The van der Waals surface area contributed by atoms with Crippen LogP contribution in [0.1, 0.15) is 23.6 Å². The predicted molar refractivity (Wildman–Crippen MR) is 77.2 cm³/mol. The van der Waals surface area contributed by atoms with Crippen LogP contribution in [0.4, 0.5) is 0 Å². The number of hydrogen-bond donors (Lipinski definition) is 0. The van der Waals surface area contributed by atoms with Gasteiger partial charge in [0.25, 0.3) is 0 Å². The van der Waals surface area contributed by atoms with Crippen molar-refractivity contribution in [2.45, 2.75) is 18.6 Å². The number of rotatable bonds is 2. The third-order valence-corrected chi connectivity index (χ3v) is 4.88. The molecule has 94 valence electrons. The molecule has 1 aliphatic rings. The largest absolute Gasteiger partial charge is 0.354 e.